The molecule has 9 heteroatoms. The number of carbonyl (C=O) groups excluding carboxylic acids is 1. The zero-order valence-corrected chi connectivity index (χ0v) is 18.3. The second-order valence-electron chi connectivity index (χ2n) is 7.91. The van der Waals surface area contributed by atoms with Gasteiger partial charge in [0.25, 0.3) is 0 Å². The molecular formula is C24H24N6O3. The normalized spacial score (nSPS) is 14.0. The summed E-state index contributed by atoms with van der Waals surface area (Å²) < 4.78 is 6.94. The summed E-state index contributed by atoms with van der Waals surface area (Å²) in [5, 5.41) is 0. The van der Waals surface area contributed by atoms with Crippen LogP contribution < -0.4 is 15.2 Å². The maximum atomic E-state index is 13.0. The van der Waals surface area contributed by atoms with Crippen molar-refractivity contribution >= 4 is 22.6 Å². The van der Waals surface area contributed by atoms with E-state index in [0.29, 0.717) is 19.1 Å². The summed E-state index contributed by atoms with van der Waals surface area (Å²) in [5.41, 5.74) is 4.49. The van der Waals surface area contributed by atoms with Gasteiger partial charge in [0.2, 0.25) is 11.5 Å². The molecule has 1 aliphatic heterocycles. The molecule has 0 spiro atoms. The molecule has 0 atom stereocenters. The fourth-order valence-corrected chi connectivity index (χ4v) is 4.24. The van der Waals surface area contributed by atoms with Gasteiger partial charge in [-0.2, -0.15) is 0 Å². The van der Waals surface area contributed by atoms with Gasteiger partial charge < -0.3 is 24.1 Å². The zero-order valence-electron chi connectivity index (χ0n) is 18.3. The van der Waals surface area contributed by atoms with Crippen LogP contribution in [0.15, 0.2) is 65.8 Å². The molecule has 4 aromatic rings. The van der Waals surface area contributed by atoms with Crippen LogP contribution in [0.2, 0.25) is 0 Å². The highest BCUT2D eigenvalue weighted by molar-refractivity contribution is 5.82. The number of hydrogen-bond donors (Lipinski definition) is 1. The number of para-hydroxylation sites is 1. The lowest BCUT2D eigenvalue weighted by Gasteiger charge is -2.37. The van der Waals surface area contributed by atoms with Crippen LogP contribution in [0, 0.1) is 0 Å². The third kappa shape index (κ3) is 4.17. The van der Waals surface area contributed by atoms with E-state index in [1.165, 1.54) is 6.07 Å². The van der Waals surface area contributed by atoms with Gasteiger partial charge in [0.1, 0.15) is 6.54 Å². The SMILES string of the molecule is COc1ncc(-c2ccccc2N2CCN(C(=O)Cn3ccc4[nH]c(=O)ccc43)CC2)cn1. The standard InChI is InChI=1S/C24H24N6O3/c1-33-24-25-14-17(15-26-24)18-4-2-3-5-20(18)28-10-12-29(13-11-28)23(32)16-30-9-8-19-21(30)6-7-22(31)27-19/h2-9,14-15H,10-13,16H2,1H3,(H,27,31). The maximum absolute atomic E-state index is 13.0. The van der Waals surface area contributed by atoms with Crippen LogP contribution in [0.4, 0.5) is 5.69 Å². The van der Waals surface area contributed by atoms with E-state index < -0.39 is 0 Å². The predicted octanol–water partition coefficient (Wildman–Crippen LogP) is 2.14. The smallest absolute Gasteiger partial charge is 0.316 e. The number of carbonyl (C=O) groups is 1. The Morgan fingerprint density at radius 3 is 2.55 bits per heavy atom. The van der Waals surface area contributed by atoms with Crippen molar-refractivity contribution in [3.8, 4) is 17.1 Å². The summed E-state index contributed by atoms with van der Waals surface area (Å²) in [6.07, 6.45) is 5.36. The Morgan fingerprint density at radius 1 is 1.03 bits per heavy atom. The minimum Gasteiger partial charge on any atom is -0.467 e. The van der Waals surface area contributed by atoms with Crippen molar-refractivity contribution in [2.75, 3.05) is 38.2 Å². The van der Waals surface area contributed by atoms with E-state index in [1.54, 1.807) is 25.6 Å². The monoisotopic (exact) mass is 444 g/mol. The van der Waals surface area contributed by atoms with Crippen LogP contribution in [0.5, 0.6) is 6.01 Å². The largest absolute Gasteiger partial charge is 0.467 e. The number of aromatic amines is 1. The fraction of sp³-hybridized carbons (Fsp3) is 0.250. The van der Waals surface area contributed by atoms with Crippen LogP contribution in [-0.2, 0) is 11.3 Å². The first kappa shape index (κ1) is 20.7. The summed E-state index contributed by atoms with van der Waals surface area (Å²) in [5.74, 6) is 0.0650. The van der Waals surface area contributed by atoms with E-state index >= 15 is 0 Å². The molecule has 168 valence electrons. The number of pyridine rings is 1. The number of hydrogen-bond acceptors (Lipinski definition) is 6. The minimum atomic E-state index is -0.149. The first-order valence-electron chi connectivity index (χ1n) is 10.8. The molecule has 1 saturated heterocycles. The second kappa shape index (κ2) is 8.78. The van der Waals surface area contributed by atoms with Gasteiger partial charge in [0.05, 0.1) is 18.1 Å². The number of anilines is 1. The van der Waals surface area contributed by atoms with Crippen molar-refractivity contribution in [2.45, 2.75) is 6.54 Å². The molecule has 0 saturated carbocycles. The Morgan fingerprint density at radius 2 is 1.79 bits per heavy atom. The van der Waals surface area contributed by atoms with E-state index in [-0.39, 0.29) is 18.0 Å². The van der Waals surface area contributed by atoms with Crippen LogP contribution in [0.1, 0.15) is 0 Å². The Bertz CT molecular complexity index is 1340. The number of methoxy groups -OCH3 is 1. The summed E-state index contributed by atoms with van der Waals surface area (Å²) in [6, 6.07) is 13.5. The van der Waals surface area contributed by atoms with Gasteiger partial charge in [0, 0.05) is 67.7 Å². The highest BCUT2D eigenvalue weighted by Gasteiger charge is 2.23. The van der Waals surface area contributed by atoms with E-state index in [1.807, 2.05) is 33.9 Å². The van der Waals surface area contributed by atoms with Gasteiger partial charge in [-0.1, -0.05) is 18.2 Å². The molecule has 1 aromatic carbocycles. The first-order valence-corrected chi connectivity index (χ1v) is 10.8. The number of ether oxygens (including phenoxy) is 1. The molecule has 0 radical (unpaired) electrons. The van der Waals surface area contributed by atoms with Gasteiger partial charge in [0.15, 0.2) is 0 Å². The number of nitrogens with zero attached hydrogens (tertiary/aromatic N) is 5. The van der Waals surface area contributed by atoms with Crippen LogP contribution in [0.3, 0.4) is 0 Å². The molecule has 33 heavy (non-hydrogen) atoms. The predicted molar refractivity (Wildman–Crippen MR) is 125 cm³/mol. The number of rotatable bonds is 5. The van der Waals surface area contributed by atoms with Crippen molar-refractivity contribution in [1.82, 2.24) is 24.4 Å². The number of benzene rings is 1. The lowest BCUT2D eigenvalue weighted by molar-refractivity contribution is -0.132. The molecule has 1 N–H and O–H groups in total. The van der Waals surface area contributed by atoms with Gasteiger partial charge >= 0.3 is 6.01 Å². The molecule has 4 heterocycles. The summed E-state index contributed by atoms with van der Waals surface area (Å²) in [6.45, 7) is 3.00. The molecule has 0 aliphatic carbocycles. The Balaban J connectivity index is 1.27. The third-order valence-electron chi connectivity index (χ3n) is 5.96. The number of H-pyrrole nitrogens is 1. The highest BCUT2D eigenvalue weighted by atomic mass is 16.5. The van der Waals surface area contributed by atoms with Crippen molar-refractivity contribution < 1.29 is 9.53 Å². The number of piperazine rings is 1. The van der Waals surface area contributed by atoms with Gasteiger partial charge in [-0.15, -0.1) is 0 Å². The lowest BCUT2D eigenvalue weighted by atomic mass is 10.1. The molecule has 0 unspecified atom stereocenters. The quantitative estimate of drug-likeness (QED) is 0.507. The average molecular weight is 444 g/mol. The topological polar surface area (TPSA) is 96.4 Å². The third-order valence-corrected chi connectivity index (χ3v) is 5.96. The van der Waals surface area contributed by atoms with Gasteiger partial charge in [-0.25, -0.2) is 9.97 Å². The van der Waals surface area contributed by atoms with Crippen LogP contribution in [-0.4, -0.2) is 63.6 Å². The van der Waals surface area contributed by atoms with Crippen molar-refractivity contribution in [2.24, 2.45) is 0 Å². The number of amides is 1. The number of fused-ring (bicyclic) bond motifs is 1. The van der Waals surface area contributed by atoms with Crippen LogP contribution in [0.25, 0.3) is 22.2 Å². The molecule has 9 nitrogen and oxygen atoms in total. The Labute approximate surface area is 190 Å². The Hall–Kier alpha value is -4.14. The molecule has 5 rings (SSSR count). The number of nitrogens with one attached hydrogen (secondary N) is 1. The fourth-order valence-electron chi connectivity index (χ4n) is 4.24. The second-order valence-corrected chi connectivity index (χ2v) is 7.91. The highest BCUT2D eigenvalue weighted by Crippen LogP contribution is 2.31. The minimum absolute atomic E-state index is 0.0650. The van der Waals surface area contributed by atoms with Gasteiger partial charge in [-0.05, 0) is 18.2 Å². The lowest BCUT2D eigenvalue weighted by Crippen LogP contribution is -2.49. The first-order chi connectivity index (χ1) is 16.1. The van der Waals surface area contributed by atoms with E-state index in [4.69, 9.17) is 4.74 Å². The van der Waals surface area contributed by atoms with E-state index in [0.717, 1.165) is 40.9 Å². The van der Waals surface area contributed by atoms with Crippen LogP contribution >= 0.6 is 0 Å². The summed E-state index contributed by atoms with van der Waals surface area (Å²) >= 11 is 0. The molecule has 1 aliphatic rings. The average Bonchev–Trinajstić information content (AvgIpc) is 3.25. The molecule has 1 amide bonds. The summed E-state index contributed by atoms with van der Waals surface area (Å²) in [4.78, 5) is 39.9. The van der Waals surface area contributed by atoms with Crippen molar-refractivity contribution in [1.29, 1.82) is 0 Å². The van der Waals surface area contributed by atoms with Crippen molar-refractivity contribution in [3.63, 3.8) is 0 Å². The van der Waals surface area contributed by atoms with E-state index in [2.05, 4.69) is 32.0 Å². The Kier molecular flexibility index (Phi) is 5.52. The molecule has 0 bridgehead atoms. The summed E-state index contributed by atoms with van der Waals surface area (Å²) in [7, 11) is 1.54. The maximum Gasteiger partial charge on any atom is 0.316 e. The molecule has 1 fully saturated rings. The molecular weight excluding hydrogens is 420 g/mol. The van der Waals surface area contributed by atoms with E-state index in [9.17, 15) is 9.59 Å². The van der Waals surface area contributed by atoms with Gasteiger partial charge in [-0.3, -0.25) is 9.59 Å². The molecule has 3 aromatic heterocycles. The number of aromatic nitrogens is 4. The zero-order chi connectivity index (χ0) is 22.8. The van der Waals surface area contributed by atoms with Crippen molar-refractivity contribution in [3.05, 3.63) is 71.4 Å².